The predicted molar refractivity (Wildman–Crippen MR) is 56.4 cm³/mol. The number of aliphatic hydroxyl groups is 1. The smallest absolute Gasteiger partial charge is 0.224 e. The third-order valence-corrected chi connectivity index (χ3v) is 1.95. The van der Waals surface area contributed by atoms with Crippen LogP contribution in [-0.2, 0) is 0 Å². The Bertz CT molecular complexity index is 283. The van der Waals surface area contributed by atoms with Gasteiger partial charge in [0.05, 0.1) is 6.10 Å². The van der Waals surface area contributed by atoms with Gasteiger partial charge in [0.25, 0.3) is 0 Å². The fourth-order valence-corrected chi connectivity index (χ4v) is 1.24. The second-order valence-electron chi connectivity index (χ2n) is 3.03. The number of aliphatic hydroxyl groups excluding tert-OH is 1. The van der Waals surface area contributed by atoms with Gasteiger partial charge in [-0.05, 0) is 24.1 Å². The molecule has 0 aliphatic carbocycles. The first-order valence-electron chi connectivity index (χ1n) is 4.63. The summed E-state index contributed by atoms with van der Waals surface area (Å²) >= 11 is 5.60. The van der Waals surface area contributed by atoms with E-state index in [1.165, 1.54) is 0 Å². The summed E-state index contributed by atoms with van der Waals surface area (Å²) in [6.45, 7) is 2.52. The molecule has 0 radical (unpaired) electrons. The third-order valence-electron chi connectivity index (χ3n) is 1.77. The first-order valence-corrected chi connectivity index (χ1v) is 5.00. The maximum Gasteiger partial charge on any atom is 0.224 e. The van der Waals surface area contributed by atoms with E-state index in [9.17, 15) is 5.11 Å². The molecule has 5 heteroatoms. The van der Waals surface area contributed by atoms with E-state index in [1.54, 1.807) is 12.3 Å². The summed E-state index contributed by atoms with van der Waals surface area (Å²) in [5.74, 6) is 0.639. The van der Waals surface area contributed by atoms with E-state index < -0.39 is 0 Å². The third kappa shape index (κ3) is 3.89. The van der Waals surface area contributed by atoms with Gasteiger partial charge in [-0.25, -0.2) is 9.97 Å². The minimum Gasteiger partial charge on any atom is -0.391 e. The molecule has 0 amide bonds. The summed E-state index contributed by atoms with van der Waals surface area (Å²) in [5.41, 5.74) is 0. The Morgan fingerprint density at radius 2 is 2.43 bits per heavy atom. The molecule has 1 unspecified atom stereocenters. The van der Waals surface area contributed by atoms with Crippen LogP contribution in [0.15, 0.2) is 12.3 Å². The summed E-state index contributed by atoms with van der Waals surface area (Å²) in [6.07, 6.45) is 2.98. The Labute approximate surface area is 88.3 Å². The minimum atomic E-state index is -0.339. The van der Waals surface area contributed by atoms with Crippen LogP contribution in [0.3, 0.4) is 0 Å². The summed E-state index contributed by atoms with van der Waals surface area (Å²) in [7, 11) is 0. The summed E-state index contributed by atoms with van der Waals surface area (Å²) in [6, 6.07) is 1.71. The minimum absolute atomic E-state index is 0.208. The van der Waals surface area contributed by atoms with E-state index in [0.717, 1.165) is 12.8 Å². The molecule has 0 saturated heterocycles. The number of hydrogen-bond donors (Lipinski definition) is 2. The Balaban J connectivity index is 2.37. The lowest BCUT2D eigenvalue weighted by Gasteiger charge is -2.10. The van der Waals surface area contributed by atoms with Crippen LogP contribution in [-0.4, -0.2) is 27.7 Å². The zero-order valence-corrected chi connectivity index (χ0v) is 8.83. The standard InChI is InChI=1S/C9H14ClN3O/c1-2-3-7(14)6-12-8-4-5-11-9(10)13-8/h4-5,7,14H,2-3,6H2,1H3,(H,11,12,13). The van der Waals surface area contributed by atoms with Crippen LogP contribution in [0.1, 0.15) is 19.8 Å². The van der Waals surface area contributed by atoms with Gasteiger partial charge < -0.3 is 10.4 Å². The molecule has 1 heterocycles. The Kier molecular flexibility index (Phi) is 4.62. The van der Waals surface area contributed by atoms with Gasteiger partial charge in [0.15, 0.2) is 0 Å². The molecule has 0 aliphatic rings. The van der Waals surface area contributed by atoms with Crippen molar-refractivity contribution in [2.24, 2.45) is 0 Å². The number of halogens is 1. The van der Waals surface area contributed by atoms with Gasteiger partial charge in [-0.15, -0.1) is 0 Å². The molecule has 1 aromatic rings. The number of nitrogens with zero attached hydrogens (tertiary/aromatic N) is 2. The highest BCUT2D eigenvalue weighted by atomic mass is 35.5. The lowest BCUT2D eigenvalue weighted by Crippen LogP contribution is -2.19. The predicted octanol–water partition coefficient (Wildman–Crippen LogP) is 1.70. The molecule has 0 bridgehead atoms. The van der Waals surface area contributed by atoms with Gasteiger partial charge in [-0.1, -0.05) is 13.3 Å². The highest BCUT2D eigenvalue weighted by Crippen LogP contribution is 2.06. The molecule has 14 heavy (non-hydrogen) atoms. The van der Waals surface area contributed by atoms with Crippen molar-refractivity contribution < 1.29 is 5.11 Å². The van der Waals surface area contributed by atoms with Crippen molar-refractivity contribution in [2.75, 3.05) is 11.9 Å². The summed E-state index contributed by atoms with van der Waals surface area (Å²) in [5, 5.41) is 12.6. The molecule has 1 rings (SSSR count). The lowest BCUT2D eigenvalue weighted by molar-refractivity contribution is 0.176. The van der Waals surface area contributed by atoms with Crippen molar-refractivity contribution in [2.45, 2.75) is 25.9 Å². The van der Waals surface area contributed by atoms with Crippen molar-refractivity contribution in [3.05, 3.63) is 17.5 Å². The van der Waals surface area contributed by atoms with Crippen molar-refractivity contribution in [3.63, 3.8) is 0 Å². The number of aromatic nitrogens is 2. The van der Waals surface area contributed by atoms with Gasteiger partial charge >= 0.3 is 0 Å². The van der Waals surface area contributed by atoms with E-state index in [4.69, 9.17) is 11.6 Å². The van der Waals surface area contributed by atoms with E-state index >= 15 is 0 Å². The van der Waals surface area contributed by atoms with Crippen LogP contribution in [0.2, 0.25) is 5.28 Å². The Morgan fingerprint density at radius 1 is 1.64 bits per heavy atom. The SMILES string of the molecule is CCCC(O)CNc1ccnc(Cl)n1. The maximum absolute atomic E-state index is 9.44. The molecular weight excluding hydrogens is 202 g/mol. The monoisotopic (exact) mass is 215 g/mol. The molecule has 1 aromatic heterocycles. The fourth-order valence-electron chi connectivity index (χ4n) is 1.09. The van der Waals surface area contributed by atoms with Gasteiger partial charge in [-0.3, -0.25) is 0 Å². The van der Waals surface area contributed by atoms with Gasteiger partial charge in [0.2, 0.25) is 5.28 Å². The summed E-state index contributed by atoms with van der Waals surface area (Å²) in [4.78, 5) is 7.69. The van der Waals surface area contributed by atoms with E-state index in [-0.39, 0.29) is 11.4 Å². The zero-order valence-electron chi connectivity index (χ0n) is 8.07. The molecule has 78 valence electrons. The second kappa shape index (κ2) is 5.78. The average Bonchev–Trinajstić information content (AvgIpc) is 2.15. The highest BCUT2D eigenvalue weighted by molar-refractivity contribution is 6.28. The van der Waals surface area contributed by atoms with E-state index in [2.05, 4.69) is 15.3 Å². The highest BCUT2D eigenvalue weighted by Gasteiger charge is 2.02. The Morgan fingerprint density at radius 3 is 3.07 bits per heavy atom. The number of rotatable bonds is 5. The van der Waals surface area contributed by atoms with Crippen LogP contribution >= 0.6 is 11.6 Å². The van der Waals surface area contributed by atoms with E-state index in [0.29, 0.717) is 12.4 Å². The largest absolute Gasteiger partial charge is 0.391 e. The molecule has 0 saturated carbocycles. The van der Waals surface area contributed by atoms with Crippen molar-refractivity contribution >= 4 is 17.4 Å². The first kappa shape index (κ1) is 11.2. The van der Waals surface area contributed by atoms with E-state index in [1.807, 2.05) is 6.92 Å². The van der Waals surface area contributed by atoms with Crippen molar-refractivity contribution in [3.8, 4) is 0 Å². The number of nitrogens with one attached hydrogen (secondary N) is 1. The average molecular weight is 216 g/mol. The second-order valence-corrected chi connectivity index (χ2v) is 3.37. The fraction of sp³-hybridized carbons (Fsp3) is 0.556. The zero-order chi connectivity index (χ0) is 10.4. The topological polar surface area (TPSA) is 58.0 Å². The van der Waals surface area contributed by atoms with Gasteiger partial charge in [-0.2, -0.15) is 0 Å². The van der Waals surface area contributed by atoms with Crippen LogP contribution in [0, 0.1) is 0 Å². The molecule has 0 fully saturated rings. The molecule has 0 aromatic carbocycles. The Hall–Kier alpha value is -0.870. The molecule has 2 N–H and O–H groups in total. The van der Waals surface area contributed by atoms with Crippen molar-refractivity contribution in [1.82, 2.24) is 9.97 Å². The van der Waals surface area contributed by atoms with Crippen LogP contribution in [0.5, 0.6) is 0 Å². The lowest BCUT2D eigenvalue weighted by atomic mass is 10.2. The summed E-state index contributed by atoms with van der Waals surface area (Å²) < 4.78 is 0. The molecule has 0 spiro atoms. The first-order chi connectivity index (χ1) is 6.72. The molecule has 1 atom stereocenters. The number of anilines is 1. The van der Waals surface area contributed by atoms with Gasteiger partial charge in [0.1, 0.15) is 5.82 Å². The van der Waals surface area contributed by atoms with Crippen LogP contribution in [0.4, 0.5) is 5.82 Å². The molecule has 0 aliphatic heterocycles. The van der Waals surface area contributed by atoms with Crippen LogP contribution < -0.4 is 5.32 Å². The molecular formula is C9H14ClN3O. The number of hydrogen-bond acceptors (Lipinski definition) is 4. The molecule has 4 nitrogen and oxygen atoms in total. The van der Waals surface area contributed by atoms with Gasteiger partial charge in [0, 0.05) is 12.7 Å². The van der Waals surface area contributed by atoms with Crippen molar-refractivity contribution in [1.29, 1.82) is 0 Å². The maximum atomic E-state index is 9.44. The van der Waals surface area contributed by atoms with Crippen LogP contribution in [0.25, 0.3) is 0 Å². The quantitative estimate of drug-likeness (QED) is 0.735. The normalized spacial score (nSPS) is 12.5.